The van der Waals surface area contributed by atoms with E-state index in [0.717, 1.165) is 35.5 Å². The molecule has 0 saturated carbocycles. The van der Waals surface area contributed by atoms with E-state index < -0.39 is 6.09 Å². The first kappa shape index (κ1) is 21.6. The highest BCUT2D eigenvalue weighted by Crippen LogP contribution is 2.38. The van der Waals surface area contributed by atoms with Gasteiger partial charge in [-0.2, -0.15) is 16.6 Å². The van der Waals surface area contributed by atoms with Crippen LogP contribution in [0.4, 0.5) is 9.80 Å². The summed E-state index contributed by atoms with van der Waals surface area (Å²) in [6, 6.07) is 4.15. The molecule has 2 unspecified atom stereocenters. The third-order valence-corrected chi connectivity index (χ3v) is 7.18. The Morgan fingerprint density at radius 2 is 2.29 bits per heavy atom. The van der Waals surface area contributed by atoms with Gasteiger partial charge in [0.25, 0.3) is 0 Å². The number of rotatable bonds is 6. The molecule has 2 aromatic heterocycles. The number of fused-ring (bicyclic) bond motifs is 1. The van der Waals surface area contributed by atoms with Crippen molar-refractivity contribution in [2.75, 3.05) is 18.5 Å². The fraction of sp³-hybridized carbons (Fsp3) is 0.409. The lowest BCUT2D eigenvalue weighted by Crippen LogP contribution is -2.36. The van der Waals surface area contributed by atoms with Gasteiger partial charge in [0.15, 0.2) is 0 Å². The van der Waals surface area contributed by atoms with Crippen LogP contribution < -0.4 is 10.6 Å². The minimum Gasteiger partial charge on any atom is -0.446 e. The number of nitrogens with one attached hydrogen (secondary N) is 2. The normalized spacial score (nSPS) is 20.2. The van der Waals surface area contributed by atoms with Gasteiger partial charge < -0.3 is 20.1 Å². The van der Waals surface area contributed by atoms with Gasteiger partial charge >= 0.3 is 6.09 Å². The van der Waals surface area contributed by atoms with E-state index in [9.17, 15) is 14.9 Å². The minimum absolute atomic E-state index is 0.0703. The van der Waals surface area contributed by atoms with Crippen molar-refractivity contribution in [3.8, 4) is 6.07 Å². The molecule has 0 radical (unpaired) electrons. The average molecular weight is 458 g/mol. The maximum absolute atomic E-state index is 12.3. The number of carbonyl (C=O) groups is 2. The Labute approximate surface area is 188 Å². The van der Waals surface area contributed by atoms with Gasteiger partial charge in [-0.25, -0.2) is 4.79 Å². The first-order valence-corrected chi connectivity index (χ1v) is 12.0. The zero-order valence-corrected chi connectivity index (χ0v) is 18.5. The number of carbonyl (C=O) groups excluding carboxylic acids is 2. The zero-order chi connectivity index (χ0) is 21.6. The Bertz CT molecular complexity index is 1000. The number of hydrogen-bond donors (Lipinski definition) is 2. The summed E-state index contributed by atoms with van der Waals surface area (Å²) in [5.74, 6) is -0.275. The van der Waals surface area contributed by atoms with Gasteiger partial charge in [0.1, 0.15) is 17.2 Å². The van der Waals surface area contributed by atoms with Crippen molar-refractivity contribution in [2.45, 2.75) is 44.3 Å². The predicted octanol–water partition coefficient (Wildman–Crippen LogP) is 4.10. The molecule has 1 fully saturated rings. The van der Waals surface area contributed by atoms with E-state index in [4.69, 9.17) is 9.47 Å². The lowest BCUT2D eigenvalue weighted by Gasteiger charge is -2.23. The SMILES string of the molecule is N#Cc1c(NC(=O)/C=C/c2ccsc2)sc2c1CCC(OC(=O)NCC1CCCO1)C2. The van der Waals surface area contributed by atoms with Crippen LogP contribution in [0.1, 0.15) is 40.8 Å². The van der Waals surface area contributed by atoms with Crippen molar-refractivity contribution in [3.05, 3.63) is 44.5 Å². The summed E-state index contributed by atoms with van der Waals surface area (Å²) in [5, 5.41) is 19.7. The summed E-state index contributed by atoms with van der Waals surface area (Å²) < 4.78 is 11.1. The van der Waals surface area contributed by atoms with Crippen LogP contribution in [-0.4, -0.2) is 37.4 Å². The van der Waals surface area contributed by atoms with Crippen molar-refractivity contribution in [1.82, 2.24) is 5.32 Å². The molecule has 0 bridgehead atoms. The van der Waals surface area contributed by atoms with Gasteiger partial charge in [0, 0.05) is 30.5 Å². The molecule has 0 aromatic carbocycles. The Hall–Kier alpha value is -2.67. The van der Waals surface area contributed by atoms with E-state index in [2.05, 4.69) is 16.7 Å². The highest BCUT2D eigenvalue weighted by Gasteiger charge is 2.28. The largest absolute Gasteiger partial charge is 0.446 e. The second kappa shape index (κ2) is 10.1. The average Bonchev–Trinajstić information content (AvgIpc) is 3.51. The Kier molecular flexibility index (Phi) is 7.02. The molecule has 1 aliphatic heterocycles. The highest BCUT2D eigenvalue weighted by atomic mass is 32.1. The van der Waals surface area contributed by atoms with Crippen LogP contribution in [0, 0.1) is 11.3 Å². The van der Waals surface area contributed by atoms with Gasteiger partial charge in [-0.15, -0.1) is 11.3 Å². The number of alkyl carbamates (subject to hydrolysis) is 1. The lowest BCUT2D eigenvalue weighted by molar-refractivity contribution is -0.111. The monoisotopic (exact) mass is 457 g/mol. The number of nitriles is 1. The van der Waals surface area contributed by atoms with Gasteiger partial charge in [0.05, 0.1) is 11.7 Å². The Morgan fingerprint density at radius 3 is 3.03 bits per heavy atom. The van der Waals surface area contributed by atoms with Gasteiger partial charge in [-0.1, -0.05) is 0 Å². The maximum Gasteiger partial charge on any atom is 0.407 e. The van der Waals surface area contributed by atoms with Gasteiger partial charge in [-0.05, 0) is 59.7 Å². The second-order valence-electron chi connectivity index (χ2n) is 7.49. The van der Waals surface area contributed by atoms with Crippen LogP contribution in [-0.2, 0) is 27.1 Å². The van der Waals surface area contributed by atoms with Crippen molar-refractivity contribution in [2.24, 2.45) is 0 Å². The summed E-state index contributed by atoms with van der Waals surface area (Å²) >= 11 is 2.95. The van der Waals surface area contributed by atoms with E-state index in [1.165, 1.54) is 17.4 Å². The molecule has 31 heavy (non-hydrogen) atoms. The zero-order valence-electron chi connectivity index (χ0n) is 16.9. The van der Waals surface area contributed by atoms with Crippen LogP contribution in [0.15, 0.2) is 22.9 Å². The van der Waals surface area contributed by atoms with Crippen molar-refractivity contribution in [1.29, 1.82) is 5.26 Å². The first-order valence-electron chi connectivity index (χ1n) is 10.2. The predicted molar refractivity (Wildman–Crippen MR) is 120 cm³/mol. The summed E-state index contributed by atoms with van der Waals surface area (Å²) in [6.45, 7) is 1.21. The molecule has 0 spiro atoms. The molecule has 2 N–H and O–H groups in total. The number of hydrogen-bond acceptors (Lipinski definition) is 7. The van der Waals surface area contributed by atoms with Gasteiger partial charge in [-0.3, -0.25) is 4.79 Å². The molecule has 1 saturated heterocycles. The van der Waals surface area contributed by atoms with E-state index in [-0.39, 0.29) is 18.1 Å². The van der Waals surface area contributed by atoms with E-state index in [1.807, 2.05) is 16.8 Å². The lowest BCUT2D eigenvalue weighted by atomic mass is 9.94. The van der Waals surface area contributed by atoms with Crippen molar-refractivity contribution >= 4 is 45.8 Å². The number of thiophene rings is 2. The summed E-state index contributed by atoms with van der Waals surface area (Å²) in [6.07, 6.45) is 6.40. The third-order valence-electron chi connectivity index (χ3n) is 5.31. The summed E-state index contributed by atoms with van der Waals surface area (Å²) in [7, 11) is 0. The highest BCUT2D eigenvalue weighted by molar-refractivity contribution is 7.16. The van der Waals surface area contributed by atoms with Crippen LogP contribution in [0.2, 0.25) is 0 Å². The molecular weight excluding hydrogens is 434 g/mol. The van der Waals surface area contributed by atoms with Crippen LogP contribution >= 0.6 is 22.7 Å². The number of nitrogens with zero attached hydrogens (tertiary/aromatic N) is 1. The molecule has 1 aliphatic carbocycles. The minimum atomic E-state index is -0.437. The molecule has 2 amide bonds. The Morgan fingerprint density at radius 1 is 1.39 bits per heavy atom. The van der Waals surface area contributed by atoms with Crippen LogP contribution in [0.5, 0.6) is 0 Å². The van der Waals surface area contributed by atoms with Gasteiger partial charge in [0.2, 0.25) is 5.91 Å². The molecular formula is C22H23N3O4S2. The topological polar surface area (TPSA) is 100 Å². The fourth-order valence-electron chi connectivity index (χ4n) is 3.75. The molecule has 7 nitrogen and oxygen atoms in total. The standard InChI is InChI=1S/C22H23N3O4S2/c23-11-18-17-5-4-15(29-22(27)24-12-16-2-1-8-28-16)10-19(17)31-21(18)25-20(26)6-3-14-7-9-30-13-14/h3,6-7,9,13,15-16H,1-2,4-5,8,10,12H2,(H,24,27)(H,25,26)/b6-3+. The molecule has 2 aromatic rings. The fourth-order valence-corrected chi connectivity index (χ4v) is 5.65. The molecule has 9 heteroatoms. The Balaban J connectivity index is 1.34. The molecule has 3 heterocycles. The smallest absolute Gasteiger partial charge is 0.407 e. The second-order valence-corrected chi connectivity index (χ2v) is 9.37. The summed E-state index contributed by atoms with van der Waals surface area (Å²) in [4.78, 5) is 25.4. The number of amides is 2. The van der Waals surface area contributed by atoms with Crippen LogP contribution in [0.3, 0.4) is 0 Å². The van der Waals surface area contributed by atoms with Crippen molar-refractivity contribution < 1.29 is 19.1 Å². The third kappa shape index (κ3) is 5.53. The maximum atomic E-state index is 12.3. The van der Waals surface area contributed by atoms with Crippen LogP contribution in [0.25, 0.3) is 6.08 Å². The molecule has 2 atom stereocenters. The molecule has 4 rings (SSSR count). The first-order chi connectivity index (χ1) is 15.1. The molecule has 2 aliphatic rings. The number of ether oxygens (including phenoxy) is 2. The quantitative estimate of drug-likeness (QED) is 0.636. The van der Waals surface area contributed by atoms with E-state index in [1.54, 1.807) is 17.4 Å². The molecule has 162 valence electrons. The van der Waals surface area contributed by atoms with E-state index >= 15 is 0 Å². The number of anilines is 1. The summed E-state index contributed by atoms with van der Waals surface area (Å²) in [5.41, 5.74) is 2.42. The van der Waals surface area contributed by atoms with E-state index in [0.29, 0.717) is 36.4 Å². The van der Waals surface area contributed by atoms with Crippen molar-refractivity contribution in [3.63, 3.8) is 0 Å².